The quantitative estimate of drug-likeness (QED) is 0.842. The average Bonchev–Trinajstić information content (AvgIpc) is 3.00. The molecule has 0 amide bonds. The van der Waals surface area contributed by atoms with Gasteiger partial charge in [0.15, 0.2) is 0 Å². The van der Waals surface area contributed by atoms with E-state index in [9.17, 15) is 0 Å². The monoisotopic (exact) mass is 273 g/mol. The lowest BCUT2D eigenvalue weighted by atomic mass is 10.2. The van der Waals surface area contributed by atoms with Crippen LogP contribution in [0.2, 0.25) is 0 Å². The molecule has 0 radical (unpaired) electrons. The van der Waals surface area contributed by atoms with E-state index in [0.717, 1.165) is 29.9 Å². The van der Waals surface area contributed by atoms with E-state index in [1.54, 1.807) is 6.33 Å². The number of hydrogen-bond acceptors (Lipinski definition) is 4. The Bertz CT molecular complexity index is 610. The highest BCUT2D eigenvalue weighted by Crippen LogP contribution is 2.32. The maximum atomic E-state index is 5.14. The Morgan fingerprint density at radius 2 is 2.05 bits per heavy atom. The van der Waals surface area contributed by atoms with Crippen LogP contribution in [-0.2, 0) is 0 Å². The van der Waals surface area contributed by atoms with E-state index in [0.29, 0.717) is 12.1 Å². The number of nitrogens with zero attached hydrogens (tertiary/aromatic N) is 4. The highest BCUT2D eigenvalue weighted by molar-refractivity contribution is 7.78. The lowest BCUT2D eigenvalue weighted by molar-refractivity contribution is 0.288. The predicted octanol–water partition coefficient (Wildman–Crippen LogP) is 1.57. The summed E-state index contributed by atoms with van der Waals surface area (Å²) in [6.45, 7) is 2.00. The molecule has 2 aromatic rings. The molecular formula is C13H15N5S. The summed E-state index contributed by atoms with van der Waals surface area (Å²) in [6, 6.07) is 3.14. The van der Waals surface area contributed by atoms with Crippen LogP contribution in [0.15, 0.2) is 18.6 Å². The van der Waals surface area contributed by atoms with Crippen molar-refractivity contribution in [1.29, 1.82) is 0 Å². The Hall–Kier alpha value is -1.69. The maximum Gasteiger partial charge on any atom is 0.142 e. The first-order valence-corrected chi connectivity index (χ1v) is 7.10. The molecule has 98 valence electrons. The van der Waals surface area contributed by atoms with Crippen molar-refractivity contribution >= 4 is 34.6 Å². The van der Waals surface area contributed by atoms with Crippen LogP contribution in [0, 0.1) is 0 Å². The van der Waals surface area contributed by atoms with Gasteiger partial charge in [-0.05, 0) is 18.9 Å². The normalized spacial score (nSPS) is 26.1. The van der Waals surface area contributed by atoms with Crippen molar-refractivity contribution in [1.82, 2.24) is 19.9 Å². The van der Waals surface area contributed by atoms with Crippen LogP contribution in [0.5, 0.6) is 0 Å². The van der Waals surface area contributed by atoms with Gasteiger partial charge in [0.2, 0.25) is 0 Å². The summed E-state index contributed by atoms with van der Waals surface area (Å²) in [5, 5.41) is 1.11. The first-order valence-electron chi connectivity index (χ1n) is 6.62. The fraction of sp³-hybridized carbons (Fsp3) is 0.462. The van der Waals surface area contributed by atoms with Gasteiger partial charge in [-0.3, -0.25) is 0 Å². The Morgan fingerprint density at radius 1 is 1.26 bits per heavy atom. The molecule has 0 spiro atoms. The van der Waals surface area contributed by atoms with Crippen molar-refractivity contribution in [2.75, 3.05) is 18.0 Å². The molecule has 2 aliphatic rings. The average molecular weight is 273 g/mol. The number of piperazine rings is 1. The van der Waals surface area contributed by atoms with Gasteiger partial charge in [0.25, 0.3) is 0 Å². The van der Waals surface area contributed by atoms with Crippen LogP contribution < -0.4 is 4.90 Å². The van der Waals surface area contributed by atoms with Gasteiger partial charge in [0.05, 0.1) is 10.9 Å². The molecule has 2 atom stereocenters. The molecule has 4 heterocycles. The van der Waals surface area contributed by atoms with Gasteiger partial charge >= 0.3 is 0 Å². The van der Waals surface area contributed by atoms with Crippen LogP contribution in [0.25, 0.3) is 11.0 Å². The molecule has 2 bridgehead atoms. The smallest absolute Gasteiger partial charge is 0.142 e. The summed E-state index contributed by atoms with van der Waals surface area (Å²) in [5.41, 5.74) is 2.75. The molecule has 0 aromatic carbocycles. The van der Waals surface area contributed by atoms with Gasteiger partial charge in [0.1, 0.15) is 17.8 Å². The molecule has 2 aromatic heterocycles. The van der Waals surface area contributed by atoms with E-state index in [-0.39, 0.29) is 0 Å². The molecule has 19 heavy (non-hydrogen) atoms. The number of rotatable bonds is 2. The Kier molecular flexibility index (Phi) is 2.44. The van der Waals surface area contributed by atoms with E-state index in [2.05, 4.69) is 30.8 Å². The lowest BCUT2D eigenvalue weighted by Crippen LogP contribution is -2.53. The molecule has 2 saturated heterocycles. The Labute approximate surface area is 116 Å². The van der Waals surface area contributed by atoms with Crippen molar-refractivity contribution in [3.63, 3.8) is 0 Å². The first-order chi connectivity index (χ1) is 9.36. The number of thiocarbonyl (C=S) groups is 1. The summed E-state index contributed by atoms with van der Waals surface area (Å²) >= 11 is 5.14. The number of aromatic amines is 1. The summed E-state index contributed by atoms with van der Waals surface area (Å²) in [4.78, 5) is 16.6. The first kappa shape index (κ1) is 11.2. The molecule has 4 rings (SSSR count). The van der Waals surface area contributed by atoms with Crippen LogP contribution >= 0.6 is 12.2 Å². The number of fused-ring (bicyclic) bond motifs is 3. The molecular weight excluding hydrogens is 258 g/mol. The SMILES string of the molecule is S=CN1C2CCC1CN(c1ncnc3[nH]ccc13)C2. The highest BCUT2D eigenvalue weighted by atomic mass is 32.1. The van der Waals surface area contributed by atoms with Gasteiger partial charge < -0.3 is 14.8 Å². The van der Waals surface area contributed by atoms with Crippen LogP contribution in [0.1, 0.15) is 12.8 Å². The Balaban J connectivity index is 1.71. The minimum absolute atomic E-state index is 0.542. The molecule has 6 heteroatoms. The van der Waals surface area contributed by atoms with Crippen molar-refractivity contribution in [2.24, 2.45) is 0 Å². The zero-order valence-electron chi connectivity index (χ0n) is 10.5. The molecule has 0 saturated carbocycles. The van der Waals surface area contributed by atoms with Crippen LogP contribution in [-0.4, -0.2) is 50.5 Å². The Morgan fingerprint density at radius 3 is 2.79 bits per heavy atom. The zero-order chi connectivity index (χ0) is 12.8. The maximum absolute atomic E-state index is 5.14. The summed E-state index contributed by atoms with van der Waals surface area (Å²) < 4.78 is 0. The third kappa shape index (κ3) is 1.63. The molecule has 2 unspecified atom stereocenters. The van der Waals surface area contributed by atoms with Gasteiger partial charge in [-0.25, -0.2) is 9.97 Å². The van der Waals surface area contributed by atoms with Crippen molar-refractivity contribution in [2.45, 2.75) is 24.9 Å². The third-order valence-corrected chi connectivity index (χ3v) is 4.54. The predicted molar refractivity (Wildman–Crippen MR) is 78.4 cm³/mol. The molecule has 2 fully saturated rings. The minimum atomic E-state index is 0.542. The number of anilines is 1. The largest absolute Gasteiger partial charge is 0.359 e. The van der Waals surface area contributed by atoms with E-state index < -0.39 is 0 Å². The fourth-order valence-corrected chi connectivity index (χ4v) is 3.74. The van der Waals surface area contributed by atoms with Gasteiger partial charge in [-0.15, -0.1) is 0 Å². The van der Waals surface area contributed by atoms with Crippen LogP contribution in [0.4, 0.5) is 5.82 Å². The third-order valence-electron chi connectivity index (χ3n) is 4.29. The minimum Gasteiger partial charge on any atom is -0.359 e. The number of hydrogen-bond donors (Lipinski definition) is 1. The zero-order valence-corrected chi connectivity index (χ0v) is 11.3. The standard InChI is InChI=1S/C13H15N5S/c19-8-18-9-1-2-10(18)6-17(5-9)13-11-3-4-14-12(11)15-7-16-13/h3-4,7-10H,1-2,5-6H2,(H,14,15,16). The van der Waals surface area contributed by atoms with Gasteiger partial charge in [-0.2, -0.15) is 0 Å². The fourth-order valence-electron chi connectivity index (χ4n) is 3.39. The van der Waals surface area contributed by atoms with Crippen molar-refractivity contribution < 1.29 is 0 Å². The van der Waals surface area contributed by atoms with Crippen LogP contribution in [0.3, 0.4) is 0 Å². The number of H-pyrrole nitrogens is 1. The second-order valence-corrected chi connectivity index (χ2v) is 5.49. The lowest BCUT2D eigenvalue weighted by Gasteiger charge is -2.40. The molecule has 0 aliphatic carbocycles. The van der Waals surface area contributed by atoms with E-state index in [1.807, 2.05) is 11.7 Å². The summed E-state index contributed by atoms with van der Waals surface area (Å²) in [7, 11) is 0. The molecule has 2 aliphatic heterocycles. The second kappa shape index (κ2) is 4.16. The molecule has 1 N–H and O–H groups in total. The summed E-state index contributed by atoms with van der Waals surface area (Å²) in [5.74, 6) is 1.05. The highest BCUT2D eigenvalue weighted by Gasteiger charge is 2.39. The number of aromatic nitrogens is 3. The second-order valence-electron chi connectivity index (χ2n) is 5.28. The molecule has 5 nitrogen and oxygen atoms in total. The summed E-state index contributed by atoms with van der Waals surface area (Å²) in [6.07, 6.45) is 6.03. The van der Waals surface area contributed by atoms with Crippen molar-refractivity contribution in [3.05, 3.63) is 18.6 Å². The van der Waals surface area contributed by atoms with Crippen molar-refractivity contribution in [3.8, 4) is 0 Å². The van der Waals surface area contributed by atoms with Gasteiger partial charge in [-0.1, -0.05) is 12.2 Å². The van der Waals surface area contributed by atoms with E-state index in [1.165, 1.54) is 12.8 Å². The van der Waals surface area contributed by atoms with Gasteiger partial charge in [0, 0.05) is 31.4 Å². The van der Waals surface area contributed by atoms with E-state index in [4.69, 9.17) is 12.2 Å². The van der Waals surface area contributed by atoms with E-state index >= 15 is 0 Å². The topological polar surface area (TPSA) is 48.1 Å². The number of nitrogens with one attached hydrogen (secondary N) is 1.